The number of H-pyrrole nitrogens is 1. The maximum atomic E-state index is 12.8. The number of aromatic amines is 1. The normalized spacial score (nSPS) is 24.1. The molecule has 0 amide bonds. The molecule has 3 aliphatic rings. The van der Waals surface area contributed by atoms with Crippen LogP contribution in [0.5, 0.6) is 0 Å². The number of sulfonamides is 1. The van der Waals surface area contributed by atoms with Crippen molar-refractivity contribution in [3.63, 3.8) is 0 Å². The number of rotatable bonds is 5. The van der Waals surface area contributed by atoms with E-state index in [-0.39, 0.29) is 5.54 Å². The average molecular weight is 556 g/mol. The number of benzene rings is 2. The molecule has 7 nitrogen and oxygen atoms in total. The number of hydrogen-bond acceptors (Lipinski definition) is 5. The molecule has 2 aliphatic heterocycles. The first-order valence-corrected chi connectivity index (χ1v) is 16.1. The summed E-state index contributed by atoms with van der Waals surface area (Å²) in [7, 11) is -3.41. The summed E-state index contributed by atoms with van der Waals surface area (Å²) in [5, 5.41) is 8.53. The molecule has 2 aromatic carbocycles. The van der Waals surface area contributed by atoms with Crippen molar-refractivity contribution >= 4 is 21.1 Å². The maximum absolute atomic E-state index is 12.8. The third kappa shape index (κ3) is 4.37. The molecule has 2 fully saturated rings. The molecule has 8 heteroatoms. The van der Waals surface area contributed by atoms with Crippen molar-refractivity contribution in [3.05, 3.63) is 65.9 Å². The lowest BCUT2D eigenvalue weighted by Crippen LogP contribution is -2.48. The Morgan fingerprint density at radius 1 is 0.900 bits per heavy atom. The van der Waals surface area contributed by atoms with Crippen LogP contribution in [0.15, 0.2) is 59.6 Å². The van der Waals surface area contributed by atoms with Gasteiger partial charge in [-0.05, 0) is 100 Å². The predicted octanol–water partition coefficient (Wildman–Crippen LogP) is 5.81. The minimum atomic E-state index is -3.41. The smallest absolute Gasteiger partial charge is 0.243 e. The standard InChI is InChI=1S/C32H37N5O2S/c1-22-5-3-18-37(22)32(2)14-12-23-6-7-25(19-26(23)13-15-32)27-20-29-30(34-35-31(29)33-21-27)24-8-10-28(11-9-24)40(38,39)36-16-4-17-36/h6-11,19-22H,3-5,12-18H2,1-2H3,(H,33,34,35). The molecule has 2 atom stereocenters. The lowest BCUT2D eigenvalue weighted by atomic mass is 9.89. The van der Waals surface area contributed by atoms with Gasteiger partial charge in [0.05, 0.1) is 4.90 Å². The second kappa shape index (κ2) is 9.79. The molecule has 0 radical (unpaired) electrons. The van der Waals surface area contributed by atoms with Gasteiger partial charge >= 0.3 is 0 Å². The number of pyridine rings is 1. The lowest BCUT2D eigenvalue weighted by molar-refractivity contribution is 0.0821. The monoisotopic (exact) mass is 555 g/mol. The predicted molar refractivity (Wildman–Crippen MR) is 159 cm³/mol. The Bertz CT molecular complexity index is 1680. The number of hydrogen-bond donors (Lipinski definition) is 1. The van der Waals surface area contributed by atoms with Crippen LogP contribution in [0.1, 0.15) is 57.1 Å². The van der Waals surface area contributed by atoms with Crippen molar-refractivity contribution in [1.29, 1.82) is 0 Å². The van der Waals surface area contributed by atoms with E-state index in [1.54, 1.807) is 12.1 Å². The largest absolute Gasteiger partial charge is 0.295 e. The van der Waals surface area contributed by atoms with E-state index in [0.717, 1.165) is 47.1 Å². The van der Waals surface area contributed by atoms with E-state index >= 15 is 0 Å². The van der Waals surface area contributed by atoms with E-state index in [2.05, 4.69) is 58.2 Å². The second-order valence-electron chi connectivity index (χ2n) is 12.1. The van der Waals surface area contributed by atoms with E-state index in [1.807, 2.05) is 18.3 Å². The van der Waals surface area contributed by atoms with E-state index in [4.69, 9.17) is 0 Å². The van der Waals surface area contributed by atoms with E-state index in [1.165, 1.54) is 53.2 Å². The topological polar surface area (TPSA) is 82.2 Å². The van der Waals surface area contributed by atoms with Gasteiger partial charge in [-0.15, -0.1) is 0 Å². The first-order chi connectivity index (χ1) is 19.3. The fourth-order valence-electron chi connectivity index (χ4n) is 6.98. The van der Waals surface area contributed by atoms with Crippen LogP contribution in [0.4, 0.5) is 0 Å². The molecule has 7 rings (SSSR count). The summed E-state index contributed by atoms with van der Waals surface area (Å²) in [6.07, 6.45) is 10.1. The molecule has 1 N–H and O–H groups in total. The highest BCUT2D eigenvalue weighted by Gasteiger charge is 2.38. The van der Waals surface area contributed by atoms with Crippen LogP contribution in [-0.4, -0.2) is 64.0 Å². The summed E-state index contributed by atoms with van der Waals surface area (Å²) < 4.78 is 27.0. The van der Waals surface area contributed by atoms with Crippen molar-refractivity contribution < 1.29 is 8.42 Å². The Morgan fingerprint density at radius 2 is 1.65 bits per heavy atom. The highest BCUT2D eigenvalue weighted by Crippen LogP contribution is 2.38. The van der Waals surface area contributed by atoms with Crippen LogP contribution < -0.4 is 0 Å². The van der Waals surface area contributed by atoms with E-state index in [0.29, 0.717) is 24.0 Å². The van der Waals surface area contributed by atoms with Gasteiger partial charge in [0.25, 0.3) is 0 Å². The number of fused-ring (bicyclic) bond motifs is 2. The summed E-state index contributed by atoms with van der Waals surface area (Å²) in [6, 6.07) is 16.8. The van der Waals surface area contributed by atoms with Crippen LogP contribution in [0.25, 0.3) is 33.4 Å². The van der Waals surface area contributed by atoms with Crippen molar-refractivity contribution in [1.82, 2.24) is 24.4 Å². The molecule has 208 valence electrons. The Morgan fingerprint density at radius 3 is 2.35 bits per heavy atom. The molecule has 2 unspecified atom stereocenters. The lowest BCUT2D eigenvalue weighted by Gasteiger charge is -2.41. The quantitative estimate of drug-likeness (QED) is 0.315. The van der Waals surface area contributed by atoms with E-state index < -0.39 is 10.0 Å². The van der Waals surface area contributed by atoms with Gasteiger partial charge in [0.2, 0.25) is 10.0 Å². The number of aromatic nitrogens is 3. The average Bonchev–Trinajstić information content (AvgIpc) is 3.51. The molecular formula is C32H37N5O2S. The number of likely N-dealkylation sites (tertiary alicyclic amines) is 1. The van der Waals surface area contributed by atoms with Crippen LogP contribution in [0, 0.1) is 0 Å². The number of nitrogens with zero attached hydrogens (tertiary/aromatic N) is 4. The van der Waals surface area contributed by atoms with Crippen molar-refractivity contribution in [3.8, 4) is 22.4 Å². The molecule has 0 spiro atoms. The third-order valence-electron chi connectivity index (χ3n) is 9.65. The van der Waals surface area contributed by atoms with Crippen LogP contribution in [-0.2, 0) is 22.9 Å². The van der Waals surface area contributed by atoms with Gasteiger partial charge in [-0.25, -0.2) is 13.4 Å². The zero-order valence-electron chi connectivity index (χ0n) is 23.4. The van der Waals surface area contributed by atoms with Crippen molar-refractivity contribution in [2.75, 3.05) is 19.6 Å². The van der Waals surface area contributed by atoms with Gasteiger partial charge in [-0.2, -0.15) is 9.40 Å². The molecular weight excluding hydrogens is 518 g/mol. The molecule has 2 saturated heterocycles. The van der Waals surface area contributed by atoms with Gasteiger partial charge in [-0.3, -0.25) is 10.00 Å². The minimum Gasteiger partial charge on any atom is -0.295 e. The summed E-state index contributed by atoms with van der Waals surface area (Å²) in [4.78, 5) is 7.79. The van der Waals surface area contributed by atoms with Crippen molar-refractivity contribution in [2.45, 2.75) is 75.3 Å². The fourth-order valence-corrected chi connectivity index (χ4v) is 8.50. The minimum absolute atomic E-state index is 0.269. The van der Waals surface area contributed by atoms with Gasteiger partial charge in [0.15, 0.2) is 5.65 Å². The van der Waals surface area contributed by atoms with Crippen LogP contribution in [0.2, 0.25) is 0 Å². The third-order valence-corrected chi connectivity index (χ3v) is 11.6. The molecule has 2 aromatic heterocycles. The first-order valence-electron chi connectivity index (χ1n) is 14.7. The van der Waals surface area contributed by atoms with Crippen LogP contribution >= 0.6 is 0 Å². The number of aryl methyl sites for hydroxylation is 2. The SMILES string of the molecule is CC1CCCN1C1(C)CCc2ccc(-c3cnc4[nH]nc(-c5ccc(S(=O)(=O)N6CCC6)cc5)c4c3)cc2CC1. The molecule has 1 aliphatic carbocycles. The van der Waals surface area contributed by atoms with Gasteiger partial charge in [0, 0.05) is 47.4 Å². The molecule has 4 aromatic rings. The fraction of sp³-hybridized carbons (Fsp3) is 0.438. The summed E-state index contributed by atoms with van der Waals surface area (Å²) in [6.45, 7) is 7.30. The van der Waals surface area contributed by atoms with E-state index in [9.17, 15) is 8.42 Å². The Kier molecular flexibility index (Phi) is 6.33. The molecule has 4 heterocycles. The first kappa shape index (κ1) is 25.9. The summed E-state index contributed by atoms with van der Waals surface area (Å²) in [5.41, 5.74) is 7.81. The highest BCUT2D eigenvalue weighted by atomic mass is 32.2. The van der Waals surface area contributed by atoms with Crippen LogP contribution in [0.3, 0.4) is 0 Å². The summed E-state index contributed by atoms with van der Waals surface area (Å²) >= 11 is 0. The van der Waals surface area contributed by atoms with Crippen molar-refractivity contribution in [2.24, 2.45) is 0 Å². The second-order valence-corrected chi connectivity index (χ2v) is 14.1. The Labute approximate surface area is 236 Å². The maximum Gasteiger partial charge on any atom is 0.243 e. The van der Waals surface area contributed by atoms with Gasteiger partial charge in [-0.1, -0.05) is 30.3 Å². The molecule has 40 heavy (non-hydrogen) atoms. The zero-order chi connectivity index (χ0) is 27.5. The Hall–Kier alpha value is -3.07. The van der Waals surface area contributed by atoms with Gasteiger partial charge < -0.3 is 0 Å². The summed E-state index contributed by atoms with van der Waals surface area (Å²) in [5.74, 6) is 0. The zero-order valence-corrected chi connectivity index (χ0v) is 24.2. The molecule has 0 bridgehead atoms. The highest BCUT2D eigenvalue weighted by molar-refractivity contribution is 7.89. The van der Waals surface area contributed by atoms with Gasteiger partial charge in [0.1, 0.15) is 5.69 Å². The Balaban J connectivity index is 1.16. The molecule has 0 saturated carbocycles. The number of nitrogens with one attached hydrogen (secondary N) is 1.